The molecule has 3 rings (SSSR count). The van der Waals surface area contributed by atoms with E-state index in [4.69, 9.17) is 9.47 Å². The van der Waals surface area contributed by atoms with Crippen molar-refractivity contribution >= 4 is 11.9 Å². The van der Waals surface area contributed by atoms with Crippen molar-refractivity contribution < 1.29 is 14.3 Å². The first-order valence-electron chi connectivity index (χ1n) is 10.7. The molecule has 1 aromatic carbocycles. The fraction of sp³-hybridized carbons (Fsp3) is 0.636. The van der Waals surface area contributed by atoms with E-state index in [-0.39, 0.29) is 18.1 Å². The molecular formula is C22H34N4O3. The maximum atomic E-state index is 11.7. The van der Waals surface area contributed by atoms with Crippen LogP contribution in [-0.4, -0.2) is 56.4 Å². The predicted molar refractivity (Wildman–Crippen MR) is 114 cm³/mol. The zero-order chi connectivity index (χ0) is 20.5. The Bertz CT molecular complexity index is 680. The standard InChI is InChI=1S/C22H34N4O3/c1-3-23-21(25-16-22(2)12-4-14-29-22)24-13-11-17-5-9-19(10-6-17)28-15-20(27)26-18-7-8-18/h5-6,9-10,18H,3-4,7-8,11-16H2,1-2H3,(H,26,27)(H2,23,24,25). The van der Waals surface area contributed by atoms with Crippen LogP contribution < -0.4 is 20.7 Å². The lowest BCUT2D eigenvalue weighted by Crippen LogP contribution is -2.40. The molecule has 1 saturated carbocycles. The van der Waals surface area contributed by atoms with E-state index >= 15 is 0 Å². The van der Waals surface area contributed by atoms with Gasteiger partial charge >= 0.3 is 0 Å². The van der Waals surface area contributed by atoms with Gasteiger partial charge in [0.25, 0.3) is 5.91 Å². The Balaban J connectivity index is 1.39. The molecule has 29 heavy (non-hydrogen) atoms. The highest BCUT2D eigenvalue weighted by Crippen LogP contribution is 2.25. The molecule has 1 unspecified atom stereocenters. The van der Waals surface area contributed by atoms with Crippen LogP contribution in [0.1, 0.15) is 45.1 Å². The molecule has 0 aromatic heterocycles. The molecule has 160 valence electrons. The Morgan fingerprint density at radius 2 is 2.07 bits per heavy atom. The molecule has 2 aliphatic rings. The summed E-state index contributed by atoms with van der Waals surface area (Å²) < 4.78 is 11.4. The van der Waals surface area contributed by atoms with Crippen molar-refractivity contribution in [2.45, 2.75) is 57.6 Å². The number of nitrogens with zero attached hydrogens (tertiary/aromatic N) is 1. The summed E-state index contributed by atoms with van der Waals surface area (Å²) in [5, 5.41) is 9.60. The Morgan fingerprint density at radius 1 is 1.28 bits per heavy atom. The number of rotatable bonds is 10. The van der Waals surface area contributed by atoms with E-state index in [9.17, 15) is 4.79 Å². The van der Waals surface area contributed by atoms with Crippen molar-refractivity contribution in [1.29, 1.82) is 0 Å². The molecule has 1 aromatic rings. The van der Waals surface area contributed by atoms with Crippen LogP contribution >= 0.6 is 0 Å². The van der Waals surface area contributed by atoms with Gasteiger partial charge < -0.3 is 25.4 Å². The topological polar surface area (TPSA) is 84.0 Å². The van der Waals surface area contributed by atoms with Crippen molar-refractivity contribution in [3.8, 4) is 5.75 Å². The highest BCUT2D eigenvalue weighted by atomic mass is 16.5. The smallest absolute Gasteiger partial charge is 0.258 e. The number of guanidine groups is 1. The van der Waals surface area contributed by atoms with Crippen molar-refractivity contribution in [2.24, 2.45) is 4.99 Å². The monoisotopic (exact) mass is 402 g/mol. The number of nitrogens with one attached hydrogen (secondary N) is 3. The largest absolute Gasteiger partial charge is 0.484 e. The first-order valence-corrected chi connectivity index (χ1v) is 10.7. The van der Waals surface area contributed by atoms with E-state index in [1.54, 1.807) is 0 Å². The molecule has 1 atom stereocenters. The van der Waals surface area contributed by atoms with Crippen LogP contribution in [0.3, 0.4) is 0 Å². The SMILES string of the molecule is CCNC(=NCC1(C)CCCO1)NCCc1ccc(OCC(=O)NC2CC2)cc1. The minimum Gasteiger partial charge on any atom is -0.484 e. The van der Waals surface area contributed by atoms with Crippen LogP contribution in [0.15, 0.2) is 29.3 Å². The zero-order valence-corrected chi connectivity index (χ0v) is 17.6. The second kappa shape index (κ2) is 10.5. The van der Waals surface area contributed by atoms with E-state index in [1.807, 2.05) is 24.3 Å². The summed E-state index contributed by atoms with van der Waals surface area (Å²) in [5.74, 6) is 1.49. The Morgan fingerprint density at radius 3 is 2.72 bits per heavy atom. The number of hydrogen-bond donors (Lipinski definition) is 3. The minimum absolute atomic E-state index is 0.0483. The molecule has 3 N–H and O–H groups in total. The number of benzene rings is 1. The van der Waals surface area contributed by atoms with Crippen molar-refractivity contribution in [1.82, 2.24) is 16.0 Å². The maximum absolute atomic E-state index is 11.7. The van der Waals surface area contributed by atoms with Crippen molar-refractivity contribution in [3.63, 3.8) is 0 Å². The molecule has 1 amide bonds. The van der Waals surface area contributed by atoms with Gasteiger partial charge in [-0.05, 0) is 63.6 Å². The molecule has 2 fully saturated rings. The van der Waals surface area contributed by atoms with E-state index < -0.39 is 0 Å². The Labute approximate surface area is 173 Å². The summed E-state index contributed by atoms with van der Waals surface area (Å²) in [4.78, 5) is 16.4. The van der Waals surface area contributed by atoms with Gasteiger partial charge in [0.15, 0.2) is 12.6 Å². The highest BCUT2D eigenvalue weighted by Gasteiger charge is 2.29. The third kappa shape index (κ3) is 7.57. The van der Waals surface area contributed by atoms with Gasteiger partial charge in [0.05, 0.1) is 12.1 Å². The molecule has 1 aliphatic heterocycles. The fourth-order valence-electron chi connectivity index (χ4n) is 3.27. The molecule has 1 saturated heterocycles. The third-order valence-electron chi connectivity index (χ3n) is 5.16. The van der Waals surface area contributed by atoms with Gasteiger partial charge in [-0.2, -0.15) is 0 Å². The number of amides is 1. The lowest BCUT2D eigenvalue weighted by molar-refractivity contribution is -0.123. The van der Waals surface area contributed by atoms with Gasteiger partial charge in [-0.3, -0.25) is 9.79 Å². The van der Waals surface area contributed by atoms with E-state index in [2.05, 4.69) is 34.8 Å². The van der Waals surface area contributed by atoms with Crippen LogP contribution in [-0.2, 0) is 16.0 Å². The molecule has 7 nitrogen and oxygen atoms in total. The number of ether oxygens (including phenoxy) is 2. The predicted octanol–water partition coefficient (Wildman–Crippen LogP) is 2.01. The summed E-state index contributed by atoms with van der Waals surface area (Å²) in [6.45, 7) is 7.38. The Hall–Kier alpha value is -2.28. The molecule has 1 heterocycles. The lowest BCUT2D eigenvalue weighted by Gasteiger charge is -2.21. The summed E-state index contributed by atoms with van der Waals surface area (Å²) in [5.41, 5.74) is 1.07. The first kappa shape index (κ1) is 21.4. The van der Waals surface area contributed by atoms with E-state index in [0.717, 1.165) is 57.8 Å². The van der Waals surface area contributed by atoms with Gasteiger partial charge in [0.2, 0.25) is 0 Å². The van der Waals surface area contributed by atoms with E-state index in [0.29, 0.717) is 18.3 Å². The van der Waals surface area contributed by atoms with Gasteiger partial charge in [0, 0.05) is 25.7 Å². The molecule has 0 radical (unpaired) electrons. The highest BCUT2D eigenvalue weighted by molar-refractivity contribution is 5.79. The Kier molecular flexibility index (Phi) is 7.75. The van der Waals surface area contributed by atoms with Crippen LogP contribution in [0, 0.1) is 0 Å². The van der Waals surface area contributed by atoms with Crippen LogP contribution in [0.2, 0.25) is 0 Å². The molecular weight excluding hydrogens is 368 g/mol. The minimum atomic E-state index is -0.131. The third-order valence-corrected chi connectivity index (χ3v) is 5.16. The normalized spacial score (nSPS) is 21.7. The first-order chi connectivity index (χ1) is 14.1. The maximum Gasteiger partial charge on any atom is 0.258 e. The summed E-state index contributed by atoms with van der Waals surface area (Å²) >= 11 is 0. The summed E-state index contributed by atoms with van der Waals surface area (Å²) in [6, 6.07) is 8.26. The van der Waals surface area contributed by atoms with E-state index in [1.165, 1.54) is 5.56 Å². The van der Waals surface area contributed by atoms with Gasteiger partial charge in [-0.1, -0.05) is 12.1 Å². The number of carbonyl (C=O) groups is 1. The van der Waals surface area contributed by atoms with Gasteiger partial charge in [-0.25, -0.2) is 0 Å². The van der Waals surface area contributed by atoms with Gasteiger partial charge in [-0.15, -0.1) is 0 Å². The van der Waals surface area contributed by atoms with Gasteiger partial charge in [0.1, 0.15) is 5.75 Å². The van der Waals surface area contributed by atoms with Crippen LogP contribution in [0.4, 0.5) is 0 Å². The average molecular weight is 403 g/mol. The zero-order valence-electron chi connectivity index (χ0n) is 17.6. The second-order valence-electron chi connectivity index (χ2n) is 8.05. The lowest BCUT2D eigenvalue weighted by atomic mass is 10.0. The van der Waals surface area contributed by atoms with Crippen LogP contribution in [0.25, 0.3) is 0 Å². The average Bonchev–Trinajstić information content (AvgIpc) is 3.43. The summed E-state index contributed by atoms with van der Waals surface area (Å²) in [7, 11) is 0. The fourth-order valence-corrected chi connectivity index (χ4v) is 3.27. The number of aliphatic imine (C=N–C) groups is 1. The quantitative estimate of drug-likeness (QED) is 0.412. The van der Waals surface area contributed by atoms with Crippen LogP contribution in [0.5, 0.6) is 5.75 Å². The summed E-state index contributed by atoms with van der Waals surface area (Å²) in [6.07, 6.45) is 5.22. The van der Waals surface area contributed by atoms with Crippen molar-refractivity contribution in [2.75, 3.05) is 32.8 Å². The number of carbonyl (C=O) groups excluding carboxylic acids is 1. The second-order valence-corrected chi connectivity index (χ2v) is 8.05. The molecule has 0 bridgehead atoms. The van der Waals surface area contributed by atoms with Crippen molar-refractivity contribution in [3.05, 3.63) is 29.8 Å². The number of hydrogen-bond acceptors (Lipinski definition) is 4. The molecule has 0 spiro atoms. The molecule has 1 aliphatic carbocycles. The molecule has 7 heteroatoms.